The number of hydrogen-bond acceptors (Lipinski definition) is 4. The minimum Gasteiger partial charge on any atom is -0.444 e. The van der Waals surface area contributed by atoms with Crippen molar-refractivity contribution in [3.8, 4) is 0 Å². The molecule has 0 atom stereocenters. The Kier molecular flexibility index (Phi) is 4.95. The first-order valence-electron chi connectivity index (χ1n) is 5.86. The average Bonchev–Trinajstić information content (AvgIpc) is 2.27. The molecule has 0 unspecified atom stereocenters. The van der Waals surface area contributed by atoms with Crippen molar-refractivity contribution < 1.29 is 14.4 Å². The zero-order chi connectivity index (χ0) is 13.6. The van der Waals surface area contributed by atoms with Gasteiger partial charge in [0.2, 0.25) is 0 Å². The van der Waals surface area contributed by atoms with Crippen LogP contribution in [0.2, 0.25) is 0 Å². The number of hydrogen-bond donors (Lipinski definition) is 0. The summed E-state index contributed by atoms with van der Waals surface area (Å²) in [5.41, 5.74) is 0.198. The molecular formula is C13H20N2O3. The van der Waals surface area contributed by atoms with Gasteiger partial charge in [0.25, 0.3) is 0 Å². The van der Waals surface area contributed by atoms with Crippen molar-refractivity contribution in [2.24, 2.45) is 5.16 Å². The van der Waals surface area contributed by atoms with E-state index in [0.29, 0.717) is 25.4 Å². The highest BCUT2D eigenvalue weighted by molar-refractivity contribution is 5.98. The van der Waals surface area contributed by atoms with E-state index in [1.807, 2.05) is 32.9 Å². The summed E-state index contributed by atoms with van der Waals surface area (Å²) in [4.78, 5) is 18.4. The van der Waals surface area contributed by atoms with E-state index < -0.39 is 5.60 Å². The number of oxime groups is 1. The molecule has 0 radical (unpaired) electrons. The first kappa shape index (κ1) is 14.3. The Balaban J connectivity index is 2.55. The van der Waals surface area contributed by atoms with Crippen LogP contribution < -0.4 is 0 Å². The summed E-state index contributed by atoms with van der Waals surface area (Å²) >= 11 is 0. The first-order chi connectivity index (χ1) is 8.42. The Morgan fingerprint density at radius 2 is 2.33 bits per heavy atom. The Bertz CT molecular complexity index is 367. The van der Waals surface area contributed by atoms with Gasteiger partial charge in [-0.05, 0) is 26.8 Å². The summed E-state index contributed by atoms with van der Waals surface area (Å²) in [7, 11) is 0. The van der Waals surface area contributed by atoms with E-state index in [2.05, 4.69) is 11.7 Å². The topological polar surface area (TPSA) is 51.1 Å². The number of rotatable bonds is 3. The van der Waals surface area contributed by atoms with E-state index in [1.165, 1.54) is 0 Å². The van der Waals surface area contributed by atoms with Crippen LogP contribution in [0.15, 0.2) is 30.0 Å². The standard InChI is InChI=1S/C13H20N2O3/c1-5-9-17-14-11-7-6-8-15(10-11)12(16)18-13(2,3)4/h5-7H,1,8-10H2,2-4H3/b14-11+. The van der Waals surface area contributed by atoms with Gasteiger partial charge in [-0.25, -0.2) is 4.79 Å². The molecule has 0 saturated heterocycles. The molecule has 0 bridgehead atoms. The van der Waals surface area contributed by atoms with Crippen molar-refractivity contribution in [2.75, 3.05) is 19.7 Å². The maximum Gasteiger partial charge on any atom is 0.410 e. The molecule has 1 amide bonds. The largest absolute Gasteiger partial charge is 0.444 e. The van der Waals surface area contributed by atoms with E-state index in [1.54, 1.807) is 11.0 Å². The lowest BCUT2D eigenvalue weighted by Crippen LogP contribution is -2.41. The molecule has 1 aliphatic rings. The van der Waals surface area contributed by atoms with Crippen molar-refractivity contribution in [1.29, 1.82) is 0 Å². The monoisotopic (exact) mass is 252 g/mol. The van der Waals surface area contributed by atoms with Gasteiger partial charge in [0.1, 0.15) is 12.2 Å². The van der Waals surface area contributed by atoms with Crippen molar-refractivity contribution in [3.05, 3.63) is 24.8 Å². The molecule has 0 N–H and O–H groups in total. The number of nitrogens with zero attached hydrogens (tertiary/aromatic N) is 2. The molecule has 1 heterocycles. The van der Waals surface area contributed by atoms with Gasteiger partial charge in [0, 0.05) is 6.54 Å². The summed E-state index contributed by atoms with van der Waals surface area (Å²) < 4.78 is 5.29. The number of carbonyl (C=O) groups is 1. The van der Waals surface area contributed by atoms with Crippen LogP contribution in [0.5, 0.6) is 0 Å². The van der Waals surface area contributed by atoms with Crippen molar-refractivity contribution in [2.45, 2.75) is 26.4 Å². The first-order valence-corrected chi connectivity index (χ1v) is 5.86. The predicted molar refractivity (Wildman–Crippen MR) is 70.5 cm³/mol. The van der Waals surface area contributed by atoms with Gasteiger partial charge < -0.3 is 9.57 Å². The van der Waals surface area contributed by atoms with E-state index in [-0.39, 0.29) is 6.09 Å². The molecule has 100 valence electrons. The van der Waals surface area contributed by atoms with Crippen LogP contribution >= 0.6 is 0 Å². The van der Waals surface area contributed by atoms with Crippen LogP contribution in [0, 0.1) is 0 Å². The molecule has 0 spiro atoms. The van der Waals surface area contributed by atoms with Crippen LogP contribution in [-0.2, 0) is 9.57 Å². The lowest BCUT2D eigenvalue weighted by Gasteiger charge is -2.28. The van der Waals surface area contributed by atoms with E-state index in [4.69, 9.17) is 9.57 Å². The van der Waals surface area contributed by atoms with Gasteiger partial charge in [-0.15, -0.1) is 0 Å². The molecule has 0 aliphatic carbocycles. The lowest BCUT2D eigenvalue weighted by molar-refractivity contribution is 0.0295. The molecule has 0 aromatic rings. The van der Waals surface area contributed by atoms with E-state index >= 15 is 0 Å². The minimum absolute atomic E-state index is 0.344. The molecule has 5 heteroatoms. The molecule has 0 aromatic heterocycles. The molecule has 5 nitrogen and oxygen atoms in total. The second-order valence-electron chi connectivity index (χ2n) is 4.93. The molecule has 0 saturated carbocycles. The van der Waals surface area contributed by atoms with Gasteiger partial charge in [-0.3, -0.25) is 4.90 Å². The zero-order valence-corrected chi connectivity index (χ0v) is 11.2. The Labute approximate surface area is 108 Å². The fourth-order valence-electron chi connectivity index (χ4n) is 1.33. The van der Waals surface area contributed by atoms with Gasteiger partial charge in [-0.1, -0.05) is 23.9 Å². The van der Waals surface area contributed by atoms with Gasteiger partial charge in [-0.2, -0.15) is 0 Å². The fourth-order valence-corrected chi connectivity index (χ4v) is 1.33. The Hall–Kier alpha value is -1.78. The van der Waals surface area contributed by atoms with Gasteiger partial charge in [0.15, 0.2) is 0 Å². The summed E-state index contributed by atoms with van der Waals surface area (Å²) in [6, 6.07) is 0. The quantitative estimate of drug-likeness (QED) is 0.440. The predicted octanol–water partition coefficient (Wildman–Crippen LogP) is 2.35. The van der Waals surface area contributed by atoms with Crippen LogP contribution in [-0.4, -0.2) is 42.0 Å². The maximum absolute atomic E-state index is 11.8. The summed E-state index contributed by atoms with van der Waals surface area (Å²) in [6.07, 6.45) is 4.96. The molecule has 1 aliphatic heterocycles. The molecule has 0 aromatic carbocycles. The highest BCUT2D eigenvalue weighted by atomic mass is 16.6. The molecular weight excluding hydrogens is 232 g/mol. The average molecular weight is 252 g/mol. The number of carbonyl (C=O) groups excluding carboxylic acids is 1. The number of ether oxygens (including phenoxy) is 1. The maximum atomic E-state index is 11.8. The Morgan fingerprint density at radius 3 is 2.94 bits per heavy atom. The van der Waals surface area contributed by atoms with E-state index in [9.17, 15) is 4.79 Å². The van der Waals surface area contributed by atoms with Crippen LogP contribution in [0.25, 0.3) is 0 Å². The smallest absolute Gasteiger partial charge is 0.410 e. The van der Waals surface area contributed by atoms with Crippen LogP contribution in [0.3, 0.4) is 0 Å². The zero-order valence-electron chi connectivity index (χ0n) is 11.2. The van der Waals surface area contributed by atoms with Crippen molar-refractivity contribution >= 4 is 11.8 Å². The third-order valence-corrected chi connectivity index (χ3v) is 2.01. The van der Waals surface area contributed by atoms with Crippen LogP contribution in [0.4, 0.5) is 4.79 Å². The van der Waals surface area contributed by atoms with Crippen LogP contribution in [0.1, 0.15) is 20.8 Å². The SMILES string of the molecule is C=CCO/N=C1\C=CCN(C(=O)OC(C)(C)C)C1. The third-order valence-electron chi connectivity index (χ3n) is 2.01. The minimum atomic E-state index is -0.491. The van der Waals surface area contributed by atoms with Crippen molar-refractivity contribution in [3.63, 3.8) is 0 Å². The highest BCUT2D eigenvalue weighted by Crippen LogP contribution is 2.11. The second kappa shape index (κ2) is 6.23. The molecule has 1 rings (SSSR count). The summed E-state index contributed by atoms with van der Waals surface area (Å²) in [5, 5.41) is 3.91. The Morgan fingerprint density at radius 1 is 1.61 bits per heavy atom. The van der Waals surface area contributed by atoms with Crippen molar-refractivity contribution in [1.82, 2.24) is 4.90 Å². The normalized spacial score (nSPS) is 17.7. The fraction of sp³-hybridized carbons (Fsp3) is 0.538. The van der Waals surface area contributed by atoms with E-state index in [0.717, 1.165) is 0 Å². The lowest BCUT2D eigenvalue weighted by atomic mass is 10.2. The van der Waals surface area contributed by atoms with Gasteiger partial charge >= 0.3 is 6.09 Å². The molecule has 18 heavy (non-hydrogen) atoms. The highest BCUT2D eigenvalue weighted by Gasteiger charge is 2.23. The van der Waals surface area contributed by atoms with Gasteiger partial charge in [0.05, 0.1) is 12.3 Å². The summed E-state index contributed by atoms with van der Waals surface area (Å²) in [6.45, 7) is 10.3. The second-order valence-corrected chi connectivity index (χ2v) is 4.93. The number of amides is 1. The molecule has 0 fully saturated rings. The summed E-state index contributed by atoms with van der Waals surface area (Å²) in [5.74, 6) is 0. The third kappa shape index (κ3) is 5.03.